The topological polar surface area (TPSA) is 50.2 Å². The van der Waals surface area contributed by atoms with E-state index < -0.39 is 5.97 Å². The molecule has 0 unspecified atom stereocenters. The fraction of sp³-hybridized carbons (Fsp3) is 0.333. The van der Waals surface area contributed by atoms with Crippen molar-refractivity contribution in [3.05, 3.63) is 38.0 Å². The second-order valence-corrected chi connectivity index (χ2v) is 5.81. The summed E-state index contributed by atoms with van der Waals surface area (Å²) in [6.07, 6.45) is 2.47. The summed E-state index contributed by atoms with van der Waals surface area (Å²) in [6, 6.07) is 3.98. The van der Waals surface area contributed by atoms with Gasteiger partial charge < -0.3 is 5.11 Å². The maximum Gasteiger partial charge on any atom is 0.347 e. The van der Waals surface area contributed by atoms with E-state index in [0.29, 0.717) is 17.0 Å². The van der Waals surface area contributed by atoms with Gasteiger partial charge in [0.25, 0.3) is 0 Å². The lowest BCUT2D eigenvalue weighted by molar-refractivity contribution is 0.0701. The Morgan fingerprint density at radius 3 is 2.94 bits per heavy atom. The Morgan fingerprint density at radius 1 is 1.53 bits per heavy atom. The number of hydrogen-bond acceptors (Lipinski definition) is 4. The van der Waals surface area contributed by atoms with Gasteiger partial charge in [0.05, 0.1) is 10.7 Å². The highest BCUT2D eigenvalue weighted by atomic mass is 32.1. The molecule has 0 aromatic carbocycles. The van der Waals surface area contributed by atoms with Gasteiger partial charge in [-0.1, -0.05) is 13.0 Å². The van der Waals surface area contributed by atoms with Crippen LogP contribution in [0.2, 0.25) is 0 Å². The minimum atomic E-state index is -0.864. The van der Waals surface area contributed by atoms with Crippen LogP contribution in [-0.2, 0) is 12.8 Å². The van der Waals surface area contributed by atoms with Gasteiger partial charge in [-0.3, -0.25) is 0 Å². The van der Waals surface area contributed by atoms with Crippen molar-refractivity contribution in [3.63, 3.8) is 0 Å². The number of thiophene rings is 1. The summed E-state index contributed by atoms with van der Waals surface area (Å²) in [5, 5.41) is 12.1. The number of aryl methyl sites for hydroxylation is 1. The summed E-state index contributed by atoms with van der Waals surface area (Å²) in [7, 11) is 0. The molecule has 0 atom stereocenters. The number of rotatable bonds is 5. The quantitative estimate of drug-likeness (QED) is 0.902. The van der Waals surface area contributed by atoms with Crippen LogP contribution in [0.1, 0.15) is 38.6 Å². The van der Waals surface area contributed by atoms with Crippen molar-refractivity contribution in [2.45, 2.75) is 26.2 Å². The summed E-state index contributed by atoms with van der Waals surface area (Å²) in [4.78, 5) is 17.1. The number of nitrogens with zero attached hydrogens (tertiary/aromatic N) is 1. The predicted octanol–water partition coefficient (Wildman–Crippen LogP) is 3.45. The molecule has 0 fully saturated rings. The zero-order chi connectivity index (χ0) is 12.3. The van der Waals surface area contributed by atoms with E-state index in [1.165, 1.54) is 11.3 Å². The van der Waals surface area contributed by atoms with Gasteiger partial charge in [-0.15, -0.1) is 22.7 Å². The first-order valence-corrected chi connectivity index (χ1v) is 7.14. The zero-order valence-corrected chi connectivity index (χ0v) is 11.1. The third-order valence-electron chi connectivity index (χ3n) is 2.32. The molecule has 0 radical (unpaired) electrons. The number of thiazole rings is 1. The molecule has 2 aromatic rings. The van der Waals surface area contributed by atoms with Crippen molar-refractivity contribution >= 4 is 28.6 Å². The molecule has 0 amide bonds. The second-order valence-electron chi connectivity index (χ2n) is 3.69. The molecule has 5 heteroatoms. The van der Waals surface area contributed by atoms with Gasteiger partial charge in [-0.25, -0.2) is 9.78 Å². The number of hydrogen-bond donors (Lipinski definition) is 1. The maximum absolute atomic E-state index is 11.1. The normalized spacial score (nSPS) is 10.6. The first kappa shape index (κ1) is 12.3. The van der Waals surface area contributed by atoms with Crippen LogP contribution in [-0.4, -0.2) is 16.1 Å². The molecular formula is C12H13NO2S2. The molecule has 0 bridgehead atoms. The van der Waals surface area contributed by atoms with Crippen molar-refractivity contribution in [2.24, 2.45) is 0 Å². The van der Waals surface area contributed by atoms with Gasteiger partial charge in [0, 0.05) is 11.3 Å². The predicted molar refractivity (Wildman–Crippen MR) is 70.2 cm³/mol. The van der Waals surface area contributed by atoms with Crippen molar-refractivity contribution < 1.29 is 9.90 Å². The Kier molecular flexibility index (Phi) is 3.91. The summed E-state index contributed by atoms with van der Waals surface area (Å²) in [5.74, 6) is -0.864. The Morgan fingerprint density at radius 2 is 2.35 bits per heavy atom. The SMILES string of the molecule is CCCc1nc(Cc2cccs2)c(C(=O)O)s1. The van der Waals surface area contributed by atoms with Crippen molar-refractivity contribution in [1.82, 2.24) is 4.98 Å². The molecule has 0 aliphatic rings. The Bertz CT molecular complexity index is 503. The van der Waals surface area contributed by atoms with Crippen LogP contribution in [0.5, 0.6) is 0 Å². The van der Waals surface area contributed by atoms with Crippen LogP contribution in [0, 0.1) is 0 Å². The number of carboxylic acid groups (broad SMARTS) is 1. The standard InChI is InChI=1S/C12H13NO2S2/c1-2-4-10-13-9(11(17-10)12(14)15)7-8-5-3-6-16-8/h3,5-6H,2,4,7H2,1H3,(H,14,15). The molecule has 90 valence electrons. The molecule has 1 N–H and O–H groups in total. The van der Waals surface area contributed by atoms with E-state index in [0.717, 1.165) is 22.7 Å². The summed E-state index contributed by atoms with van der Waals surface area (Å²) in [6.45, 7) is 2.07. The second kappa shape index (κ2) is 5.42. The van der Waals surface area contributed by atoms with E-state index in [9.17, 15) is 4.79 Å². The first-order valence-electron chi connectivity index (χ1n) is 5.45. The van der Waals surface area contributed by atoms with Crippen LogP contribution in [0.15, 0.2) is 17.5 Å². The molecule has 2 heterocycles. The summed E-state index contributed by atoms with van der Waals surface area (Å²) < 4.78 is 0. The fourth-order valence-corrected chi connectivity index (χ4v) is 3.32. The minimum Gasteiger partial charge on any atom is -0.477 e. The molecule has 17 heavy (non-hydrogen) atoms. The lowest BCUT2D eigenvalue weighted by atomic mass is 10.2. The zero-order valence-electron chi connectivity index (χ0n) is 9.47. The number of carbonyl (C=O) groups is 1. The summed E-state index contributed by atoms with van der Waals surface area (Å²) >= 11 is 2.94. The molecule has 2 aromatic heterocycles. The highest BCUT2D eigenvalue weighted by molar-refractivity contribution is 7.13. The van der Waals surface area contributed by atoms with Gasteiger partial charge in [0.2, 0.25) is 0 Å². The van der Waals surface area contributed by atoms with Gasteiger partial charge in [0.15, 0.2) is 0 Å². The first-order chi connectivity index (χ1) is 8.20. The number of aromatic nitrogens is 1. The fourth-order valence-electron chi connectivity index (χ4n) is 1.59. The number of aromatic carboxylic acids is 1. The van der Waals surface area contributed by atoms with Crippen LogP contribution in [0.25, 0.3) is 0 Å². The Labute approximate surface area is 108 Å². The third-order valence-corrected chi connectivity index (χ3v) is 4.34. The van der Waals surface area contributed by atoms with Crippen LogP contribution in [0.3, 0.4) is 0 Å². The van der Waals surface area contributed by atoms with E-state index >= 15 is 0 Å². The van der Waals surface area contributed by atoms with Crippen LogP contribution < -0.4 is 0 Å². The van der Waals surface area contributed by atoms with E-state index in [1.807, 2.05) is 17.5 Å². The third kappa shape index (κ3) is 2.92. The van der Waals surface area contributed by atoms with E-state index in [-0.39, 0.29) is 0 Å². The molecule has 3 nitrogen and oxygen atoms in total. The largest absolute Gasteiger partial charge is 0.477 e. The van der Waals surface area contributed by atoms with E-state index in [4.69, 9.17) is 5.11 Å². The maximum atomic E-state index is 11.1. The highest BCUT2D eigenvalue weighted by Crippen LogP contribution is 2.24. The molecule has 0 aliphatic heterocycles. The van der Waals surface area contributed by atoms with E-state index in [2.05, 4.69) is 11.9 Å². The highest BCUT2D eigenvalue weighted by Gasteiger charge is 2.17. The number of carboxylic acids is 1. The van der Waals surface area contributed by atoms with Crippen molar-refractivity contribution in [2.75, 3.05) is 0 Å². The molecule has 0 spiro atoms. The molecular weight excluding hydrogens is 254 g/mol. The van der Waals surface area contributed by atoms with Crippen LogP contribution in [0.4, 0.5) is 0 Å². The van der Waals surface area contributed by atoms with E-state index in [1.54, 1.807) is 11.3 Å². The lowest BCUT2D eigenvalue weighted by Crippen LogP contribution is -1.99. The molecule has 2 rings (SSSR count). The van der Waals surface area contributed by atoms with Gasteiger partial charge >= 0.3 is 5.97 Å². The molecule has 0 saturated carbocycles. The molecule has 0 aliphatic carbocycles. The Balaban J connectivity index is 2.27. The average Bonchev–Trinajstić information content (AvgIpc) is 2.89. The lowest BCUT2D eigenvalue weighted by Gasteiger charge is -1.95. The smallest absolute Gasteiger partial charge is 0.347 e. The average molecular weight is 267 g/mol. The monoisotopic (exact) mass is 267 g/mol. The minimum absolute atomic E-state index is 0.391. The molecule has 0 saturated heterocycles. The van der Waals surface area contributed by atoms with Gasteiger partial charge in [0.1, 0.15) is 4.88 Å². The van der Waals surface area contributed by atoms with Crippen molar-refractivity contribution in [1.29, 1.82) is 0 Å². The van der Waals surface area contributed by atoms with Crippen molar-refractivity contribution in [3.8, 4) is 0 Å². The van der Waals surface area contributed by atoms with Crippen LogP contribution >= 0.6 is 22.7 Å². The Hall–Kier alpha value is -1.20. The van der Waals surface area contributed by atoms with Gasteiger partial charge in [-0.2, -0.15) is 0 Å². The summed E-state index contributed by atoms with van der Waals surface area (Å²) in [5.41, 5.74) is 0.702. The van der Waals surface area contributed by atoms with Gasteiger partial charge in [-0.05, 0) is 24.3 Å².